The van der Waals surface area contributed by atoms with Gasteiger partial charge in [0.05, 0.1) is 12.6 Å². The number of nitrogens with one attached hydrogen (secondary N) is 1. The van der Waals surface area contributed by atoms with E-state index in [0.717, 1.165) is 16.8 Å². The summed E-state index contributed by atoms with van der Waals surface area (Å²) in [6, 6.07) is 14.1. The number of ketones is 1. The number of ether oxygens (including phenoxy) is 1. The minimum atomic E-state index is -0.571. The number of likely N-dealkylation sites (tertiary alicyclic amines) is 1. The van der Waals surface area contributed by atoms with Crippen LogP contribution in [-0.4, -0.2) is 61.9 Å². The van der Waals surface area contributed by atoms with Crippen molar-refractivity contribution in [1.29, 1.82) is 0 Å². The Morgan fingerprint density at radius 2 is 1.92 bits per heavy atom. The molecule has 3 aromatic heterocycles. The number of aryl methyl sites for hydroxylation is 1. The van der Waals surface area contributed by atoms with Crippen molar-refractivity contribution in [3.05, 3.63) is 66.1 Å². The number of carbonyl (C=O) groups is 3. The molecule has 1 unspecified atom stereocenters. The summed E-state index contributed by atoms with van der Waals surface area (Å²) in [7, 11) is 1.55. The van der Waals surface area contributed by atoms with Gasteiger partial charge < -0.3 is 15.0 Å². The Labute approximate surface area is 213 Å². The first kappa shape index (κ1) is 24.1. The molecule has 2 amide bonds. The molecule has 1 aliphatic rings. The molecule has 188 valence electrons. The maximum atomic E-state index is 13.2. The van der Waals surface area contributed by atoms with Gasteiger partial charge in [-0.25, -0.2) is 9.97 Å². The number of carbonyl (C=O) groups excluding carboxylic acids is 3. The van der Waals surface area contributed by atoms with Crippen LogP contribution in [0.15, 0.2) is 54.7 Å². The minimum Gasteiger partial charge on any atom is -0.481 e. The van der Waals surface area contributed by atoms with Gasteiger partial charge in [-0.1, -0.05) is 12.1 Å². The lowest BCUT2D eigenvalue weighted by molar-refractivity contribution is -0.145. The number of Topliss-reactive ketones (excluding diaryl/α,β-unsaturated/α-hetero) is 1. The van der Waals surface area contributed by atoms with Gasteiger partial charge in [0.1, 0.15) is 24.1 Å². The van der Waals surface area contributed by atoms with Crippen LogP contribution >= 0.6 is 0 Å². The molecule has 4 heterocycles. The summed E-state index contributed by atoms with van der Waals surface area (Å²) in [5.74, 6) is 0.245. The highest BCUT2D eigenvalue weighted by Crippen LogP contribution is 2.28. The summed E-state index contributed by atoms with van der Waals surface area (Å²) < 4.78 is 6.65. The Kier molecular flexibility index (Phi) is 6.39. The predicted octanol–water partition coefficient (Wildman–Crippen LogP) is 3.25. The van der Waals surface area contributed by atoms with E-state index in [-0.39, 0.29) is 29.8 Å². The average Bonchev–Trinajstić information content (AvgIpc) is 3.21. The molecule has 1 saturated heterocycles. The van der Waals surface area contributed by atoms with Crippen LogP contribution < -0.4 is 10.1 Å². The Morgan fingerprint density at radius 1 is 1.11 bits per heavy atom. The lowest BCUT2D eigenvalue weighted by atomic mass is 10.0. The highest BCUT2D eigenvalue weighted by atomic mass is 16.5. The van der Waals surface area contributed by atoms with Crippen molar-refractivity contribution in [3.63, 3.8) is 0 Å². The first-order valence-electron chi connectivity index (χ1n) is 11.9. The van der Waals surface area contributed by atoms with Gasteiger partial charge >= 0.3 is 0 Å². The van der Waals surface area contributed by atoms with E-state index in [4.69, 9.17) is 4.74 Å². The normalized spacial score (nSPS) is 14.8. The molecule has 5 rings (SSSR count). The number of amides is 2. The van der Waals surface area contributed by atoms with Crippen LogP contribution in [0.4, 0.5) is 5.82 Å². The fraction of sp³-hybridized carbons (Fsp3) is 0.259. The quantitative estimate of drug-likeness (QED) is 0.389. The molecule has 37 heavy (non-hydrogen) atoms. The highest BCUT2D eigenvalue weighted by Gasteiger charge is 2.38. The third-order valence-electron chi connectivity index (χ3n) is 6.43. The van der Waals surface area contributed by atoms with E-state index in [1.54, 1.807) is 25.4 Å². The van der Waals surface area contributed by atoms with Gasteiger partial charge in [0.15, 0.2) is 5.78 Å². The van der Waals surface area contributed by atoms with E-state index < -0.39 is 6.04 Å². The summed E-state index contributed by atoms with van der Waals surface area (Å²) in [6.07, 6.45) is 2.27. The number of hydrogen-bond donors (Lipinski definition) is 1. The topological polar surface area (TPSA) is 119 Å². The average molecular weight is 499 g/mol. The van der Waals surface area contributed by atoms with Crippen molar-refractivity contribution < 1.29 is 19.1 Å². The molecule has 0 spiro atoms. The van der Waals surface area contributed by atoms with Crippen molar-refractivity contribution in [3.8, 4) is 17.0 Å². The molecule has 10 nitrogen and oxygen atoms in total. The summed E-state index contributed by atoms with van der Waals surface area (Å²) in [4.78, 5) is 48.4. The number of aromatic nitrogens is 4. The third kappa shape index (κ3) is 4.77. The number of anilines is 1. The van der Waals surface area contributed by atoms with Crippen LogP contribution in [-0.2, 0) is 16.1 Å². The predicted molar refractivity (Wildman–Crippen MR) is 137 cm³/mol. The zero-order valence-electron chi connectivity index (χ0n) is 20.8. The Morgan fingerprint density at radius 3 is 2.57 bits per heavy atom. The Hall–Kier alpha value is -4.60. The number of methoxy groups -OCH3 is 1. The fourth-order valence-electron chi connectivity index (χ4n) is 4.41. The molecule has 0 aliphatic carbocycles. The molecule has 1 aromatic carbocycles. The van der Waals surface area contributed by atoms with Gasteiger partial charge in [-0.2, -0.15) is 5.10 Å². The molecule has 1 fully saturated rings. The van der Waals surface area contributed by atoms with E-state index in [9.17, 15) is 14.4 Å². The number of benzene rings is 1. The first-order valence-corrected chi connectivity index (χ1v) is 11.9. The van der Waals surface area contributed by atoms with E-state index in [1.165, 1.54) is 16.5 Å². The number of rotatable bonds is 7. The van der Waals surface area contributed by atoms with Crippen LogP contribution in [0.3, 0.4) is 0 Å². The minimum absolute atomic E-state index is 0.0836. The third-order valence-corrected chi connectivity index (χ3v) is 6.43. The van der Waals surface area contributed by atoms with Gasteiger partial charge in [0.25, 0.3) is 0 Å². The second-order valence-electron chi connectivity index (χ2n) is 8.93. The van der Waals surface area contributed by atoms with E-state index in [2.05, 4.69) is 20.4 Å². The smallest absolute Gasteiger partial charge is 0.248 e. The largest absolute Gasteiger partial charge is 0.481 e. The Bertz CT molecular complexity index is 1510. The molecule has 0 bridgehead atoms. The molecule has 1 aliphatic heterocycles. The van der Waals surface area contributed by atoms with Crippen molar-refractivity contribution in [2.75, 3.05) is 19.0 Å². The van der Waals surface area contributed by atoms with Crippen LogP contribution in [0.5, 0.6) is 5.88 Å². The molecular formula is C27H26N6O4. The zero-order valence-corrected chi connectivity index (χ0v) is 20.8. The number of fused-ring (bicyclic) bond motifs is 1. The number of hydrogen-bond acceptors (Lipinski definition) is 7. The van der Waals surface area contributed by atoms with Gasteiger partial charge in [-0.15, -0.1) is 0 Å². The lowest BCUT2D eigenvalue weighted by Crippen LogP contribution is -2.57. The van der Waals surface area contributed by atoms with Gasteiger partial charge in [-0.3, -0.25) is 19.1 Å². The van der Waals surface area contributed by atoms with Crippen LogP contribution in [0.25, 0.3) is 22.0 Å². The summed E-state index contributed by atoms with van der Waals surface area (Å²) in [5, 5.41) is 7.89. The van der Waals surface area contributed by atoms with Crippen molar-refractivity contribution in [2.45, 2.75) is 32.9 Å². The van der Waals surface area contributed by atoms with Gasteiger partial charge in [-0.05, 0) is 49.2 Å². The maximum absolute atomic E-state index is 13.2. The molecule has 0 radical (unpaired) electrons. The lowest BCUT2D eigenvalue weighted by Gasteiger charge is -2.39. The monoisotopic (exact) mass is 498 g/mol. The van der Waals surface area contributed by atoms with Crippen molar-refractivity contribution in [1.82, 2.24) is 24.6 Å². The second-order valence-corrected chi connectivity index (χ2v) is 8.93. The molecule has 1 atom stereocenters. The summed E-state index contributed by atoms with van der Waals surface area (Å²) in [6.45, 7) is 3.69. The zero-order chi connectivity index (χ0) is 26.1. The first-order chi connectivity index (χ1) is 17.8. The summed E-state index contributed by atoms with van der Waals surface area (Å²) >= 11 is 0. The van der Waals surface area contributed by atoms with Crippen molar-refractivity contribution >= 4 is 34.3 Å². The summed E-state index contributed by atoms with van der Waals surface area (Å²) in [5.41, 5.74) is 3.46. The second kappa shape index (κ2) is 9.81. The molecule has 1 N–H and O–H groups in total. The van der Waals surface area contributed by atoms with Crippen LogP contribution in [0, 0.1) is 6.92 Å². The Balaban J connectivity index is 1.36. The van der Waals surface area contributed by atoms with Crippen LogP contribution in [0.1, 0.15) is 29.5 Å². The molecule has 4 aromatic rings. The van der Waals surface area contributed by atoms with E-state index in [1.807, 2.05) is 43.3 Å². The van der Waals surface area contributed by atoms with Gasteiger partial charge in [0.2, 0.25) is 17.7 Å². The molecular weight excluding hydrogens is 472 g/mol. The number of pyridine rings is 2. The highest BCUT2D eigenvalue weighted by molar-refractivity contribution is 6.06. The van der Waals surface area contributed by atoms with E-state index >= 15 is 0 Å². The standard InChI is InChI=1S/C27H26N6O4/c1-16-5-4-6-23(29-16)30-27(36)22-11-12-32(22)25(35)15-33-21-9-7-18(13-20(21)26(31-33)17(2)34)19-8-10-24(37-3)28-14-19/h4-10,13-14,22H,11-12,15H2,1-3H3,(H,29,30,36). The SMILES string of the molecule is COc1ccc(-c2ccc3c(c2)c(C(C)=O)nn3CC(=O)N2CCC2C(=O)Nc2cccc(C)n2)cn1. The van der Waals surface area contributed by atoms with Gasteiger partial charge in [0, 0.05) is 42.4 Å². The van der Waals surface area contributed by atoms with Crippen molar-refractivity contribution in [2.24, 2.45) is 0 Å². The maximum Gasteiger partial charge on any atom is 0.248 e. The van der Waals surface area contributed by atoms with Crippen LogP contribution in [0.2, 0.25) is 0 Å². The fourth-order valence-corrected chi connectivity index (χ4v) is 4.41. The van der Waals surface area contributed by atoms with E-state index in [0.29, 0.717) is 35.6 Å². The number of nitrogens with zero attached hydrogens (tertiary/aromatic N) is 5. The molecule has 10 heteroatoms. The molecule has 0 saturated carbocycles.